The summed E-state index contributed by atoms with van der Waals surface area (Å²) in [6.45, 7) is 2.81. The predicted octanol–water partition coefficient (Wildman–Crippen LogP) is 6.72. The summed E-state index contributed by atoms with van der Waals surface area (Å²) >= 11 is 0. The summed E-state index contributed by atoms with van der Waals surface area (Å²) < 4.78 is 48.7. The number of anilines is 2. The molecule has 0 spiro atoms. The van der Waals surface area contributed by atoms with Gasteiger partial charge in [-0.25, -0.2) is 23.5 Å². The average molecular weight is 667 g/mol. The predicted molar refractivity (Wildman–Crippen MR) is 180 cm³/mol. The van der Waals surface area contributed by atoms with E-state index in [2.05, 4.69) is 10.2 Å². The number of benzene rings is 3. The highest BCUT2D eigenvalue weighted by Gasteiger charge is 2.27. The monoisotopic (exact) mass is 666 g/mol. The molecule has 10 nitrogen and oxygen atoms in total. The van der Waals surface area contributed by atoms with Crippen molar-refractivity contribution in [3.05, 3.63) is 113 Å². The Morgan fingerprint density at radius 3 is 2.53 bits per heavy atom. The second-order valence-electron chi connectivity index (χ2n) is 11.8. The lowest BCUT2D eigenvalue weighted by atomic mass is 9.93. The van der Waals surface area contributed by atoms with E-state index in [1.54, 1.807) is 43.5 Å². The van der Waals surface area contributed by atoms with Crippen LogP contribution >= 0.6 is 0 Å². The molecule has 1 N–H and O–H groups in total. The minimum absolute atomic E-state index is 0.00202. The topological polar surface area (TPSA) is 115 Å². The summed E-state index contributed by atoms with van der Waals surface area (Å²) in [4.78, 5) is 24.6. The van der Waals surface area contributed by atoms with Gasteiger partial charge in [-0.3, -0.25) is 4.90 Å². The van der Waals surface area contributed by atoms with E-state index in [9.17, 15) is 9.18 Å². The summed E-state index contributed by atoms with van der Waals surface area (Å²) in [6.07, 6.45) is 1.68. The lowest BCUT2D eigenvalue weighted by Gasteiger charge is -2.31. The molecule has 3 aromatic carbocycles. The molecule has 3 heterocycles. The minimum atomic E-state index is -0.660. The van der Waals surface area contributed by atoms with E-state index in [4.69, 9.17) is 29.4 Å². The molecule has 0 aliphatic carbocycles. The maximum atomic E-state index is 16.2. The first-order chi connectivity index (χ1) is 23.9. The molecule has 252 valence electrons. The lowest BCUT2D eigenvalue weighted by molar-refractivity contribution is 0.0601. The van der Waals surface area contributed by atoms with E-state index in [0.717, 1.165) is 31.6 Å². The van der Waals surface area contributed by atoms with Crippen molar-refractivity contribution in [1.82, 2.24) is 19.4 Å². The zero-order valence-electron chi connectivity index (χ0n) is 27.3. The van der Waals surface area contributed by atoms with Gasteiger partial charge in [0.05, 0.1) is 48.7 Å². The molecule has 1 saturated heterocycles. The highest BCUT2D eigenvalue weighted by molar-refractivity contribution is 6.01. The molecule has 6 rings (SSSR count). The minimum Gasteiger partial charge on any atom is -0.473 e. The Morgan fingerprint density at radius 2 is 1.82 bits per heavy atom. The number of pyridine rings is 1. The Balaban J connectivity index is 1.18. The van der Waals surface area contributed by atoms with Crippen molar-refractivity contribution in [3.8, 4) is 11.9 Å². The average Bonchev–Trinajstić information content (AvgIpc) is 3.48. The van der Waals surface area contributed by atoms with Crippen molar-refractivity contribution >= 4 is 28.4 Å². The third kappa shape index (κ3) is 7.53. The SMILES string of the molecule is COCCn1c(CN2CCC(c3cccc(OCc4ccc(C#N)cc4F)n3)CC2)nc2c(F)c(Nc3ccccc3)c(C(=O)OC)cc21. The van der Waals surface area contributed by atoms with Crippen LogP contribution < -0.4 is 10.1 Å². The van der Waals surface area contributed by atoms with Crippen molar-refractivity contribution in [3.63, 3.8) is 0 Å². The summed E-state index contributed by atoms with van der Waals surface area (Å²) in [7, 11) is 2.87. The second-order valence-corrected chi connectivity index (χ2v) is 11.8. The number of rotatable bonds is 12. The van der Waals surface area contributed by atoms with E-state index in [-0.39, 0.29) is 34.9 Å². The Kier molecular flexibility index (Phi) is 10.4. The smallest absolute Gasteiger partial charge is 0.340 e. The highest BCUT2D eigenvalue weighted by atomic mass is 19.1. The number of methoxy groups -OCH3 is 2. The van der Waals surface area contributed by atoms with Crippen LogP contribution in [0.4, 0.5) is 20.2 Å². The first-order valence-corrected chi connectivity index (χ1v) is 16.0. The molecule has 1 aliphatic rings. The summed E-state index contributed by atoms with van der Waals surface area (Å²) in [5, 5.41) is 12.0. The Morgan fingerprint density at radius 1 is 1.02 bits per heavy atom. The maximum Gasteiger partial charge on any atom is 0.340 e. The zero-order chi connectivity index (χ0) is 34.3. The molecule has 0 atom stereocenters. The number of hydrogen-bond acceptors (Lipinski definition) is 9. The van der Waals surface area contributed by atoms with Gasteiger partial charge in [-0.2, -0.15) is 5.26 Å². The van der Waals surface area contributed by atoms with Gasteiger partial charge < -0.3 is 24.1 Å². The van der Waals surface area contributed by atoms with Crippen molar-refractivity contribution < 1.29 is 27.8 Å². The fraction of sp³-hybridized carbons (Fsp3) is 0.297. The fourth-order valence-corrected chi connectivity index (χ4v) is 6.09. The van der Waals surface area contributed by atoms with E-state index in [1.807, 2.05) is 41.0 Å². The Bertz CT molecular complexity index is 1990. The van der Waals surface area contributed by atoms with Crippen molar-refractivity contribution in [2.45, 2.75) is 38.5 Å². The van der Waals surface area contributed by atoms with E-state index in [0.29, 0.717) is 48.2 Å². The number of piperidine rings is 1. The van der Waals surface area contributed by atoms with Crippen LogP contribution in [-0.2, 0) is 29.2 Å². The van der Waals surface area contributed by atoms with Crippen LogP contribution in [-0.4, -0.2) is 59.3 Å². The van der Waals surface area contributed by atoms with Crippen LogP contribution in [0.25, 0.3) is 11.0 Å². The van der Waals surface area contributed by atoms with Crippen molar-refractivity contribution in [2.24, 2.45) is 0 Å². The number of nitriles is 1. The van der Waals surface area contributed by atoms with Gasteiger partial charge in [0.1, 0.15) is 23.8 Å². The lowest BCUT2D eigenvalue weighted by Crippen LogP contribution is -2.33. The van der Waals surface area contributed by atoms with Crippen LogP contribution in [0.3, 0.4) is 0 Å². The number of halogens is 2. The van der Waals surface area contributed by atoms with Crippen LogP contribution in [0.5, 0.6) is 5.88 Å². The van der Waals surface area contributed by atoms with Gasteiger partial charge in [0.25, 0.3) is 0 Å². The van der Waals surface area contributed by atoms with Gasteiger partial charge in [0.2, 0.25) is 5.88 Å². The van der Waals surface area contributed by atoms with Gasteiger partial charge in [-0.15, -0.1) is 0 Å². The molecule has 0 radical (unpaired) electrons. The number of carbonyl (C=O) groups excluding carboxylic acids is 1. The Hall–Kier alpha value is -5.38. The number of carbonyl (C=O) groups is 1. The number of imidazole rings is 1. The fourth-order valence-electron chi connectivity index (χ4n) is 6.09. The number of hydrogen-bond donors (Lipinski definition) is 1. The van der Waals surface area contributed by atoms with Crippen molar-refractivity contribution in [1.29, 1.82) is 5.26 Å². The molecule has 5 aromatic rings. The molecule has 1 fully saturated rings. The molecule has 12 heteroatoms. The van der Waals surface area contributed by atoms with Crippen LogP contribution in [0.15, 0.2) is 72.8 Å². The first-order valence-electron chi connectivity index (χ1n) is 16.0. The maximum absolute atomic E-state index is 16.2. The zero-order valence-corrected chi connectivity index (χ0v) is 27.3. The molecule has 1 aliphatic heterocycles. The number of esters is 1. The number of aromatic nitrogens is 3. The number of nitrogens with one attached hydrogen (secondary N) is 1. The molecular formula is C37H36F2N6O4. The van der Waals surface area contributed by atoms with E-state index < -0.39 is 17.6 Å². The molecule has 49 heavy (non-hydrogen) atoms. The highest BCUT2D eigenvalue weighted by Crippen LogP contribution is 2.34. The second kappa shape index (κ2) is 15.2. The van der Waals surface area contributed by atoms with Crippen LogP contribution in [0.2, 0.25) is 0 Å². The molecule has 0 saturated carbocycles. The third-order valence-corrected chi connectivity index (χ3v) is 8.70. The van der Waals surface area contributed by atoms with Gasteiger partial charge >= 0.3 is 5.97 Å². The van der Waals surface area contributed by atoms with Gasteiger partial charge in [-0.1, -0.05) is 30.3 Å². The summed E-state index contributed by atoms with van der Waals surface area (Å²) in [5.41, 5.74) is 2.86. The quantitative estimate of drug-likeness (QED) is 0.145. The van der Waals surface area contributed by atoms with Crippen LogP contribution in [0.1, 0.15) is 51.8 Å². The van der Waals surface area contributed by atoms with E-state index >= 15 is 4.39 Å². The third-order valence-electron chi connectivity index (χ3n) is 8.70. The standard InChI is InChI=1S/C37H36F2N6O4/c1-47-18-17-45-31-20-28(37(46)48-2)35(41-27-7-4-3-5-8-27)34(39)36(31)43-32(45)22-44-15-13-25(14-16-44)30-9-6-10-33(42-30)49-23-26-12-11-24(21-40)19-29(26)38/h3-12,19-20,25,41H,13-18,22-23H2,1-2H3. The van der Waals surface area contributed by atoms with E-state index in [1.165, 1.54) is 13.2 Å². The summed E-state index contributed by atoms with van der Waals surface area (Å²) in [6, 6.07) is 22.5. The Labute approximate surface area is 282 Å². The van der Waals surface area contributed by atoms with Crippen LogP contribution in [0, 0.1) is 23.0 Å². The number of ether oxygens (including phenoxy) is 3. The summed E-state index contributed by atoms with van der Waals surface area (Å²) in [5.74, 6) is -0.509. The largest absolute Gasteiger partial charge is 0.473 e. The number of nitrogens with zero attached hydrogens (tertiary/aromatic N) is 5. The molecule has 0 amide bonds. The molecule has 0 unspecified atom stereocenters. The number of fused-ring (bicyclic) bond motifs is 1. The van der Waals surface area contributed by atoms with Crippen molar-refractivity contribution in [2.75, 3.05) is 39.2 Å². The molecular weight excluding hydrogens is 630 g/mol. The molecule has 2 aromatic heterocycles. The number of para-hydroxylation sites is 1. The normalized spacial score (nSPS) is 13.7. The first kappa shape index (κ1) is 33.5. The van der Waals surface area contributed by atoms with Gasteiger partial charge in [-0.05, 0) is 62.3 Å². The van der Waals surface area contributed by atoms with Gasteiger partial charge in [0.15, 0.2) is 5.82 Å². The van der Waals surface area contributed by atoms with Gasteiger partial charge in [0, 0.05) is 42.6 Å². The molecule has 0 bridgehead atoms. The number of likely N-dealkylation sites (tertiary alicyclic amines) is 1.